The van der Waals surface area contributed by atoms with Crippen LogP contribution in [-0.4, -0.2) is 20.7 Å². The number of thiol groups is 1. The summed E-state index contributed by atoms with van der Waals surface area (Å²) in [4.78, 5) is 17.1. The highest BCUT2D eigenvalue weighted by molar-refractivity contribution is 7.84. The fraction of sp³-hybridized carbons (Fsp3) is 0.0769. The summed E-state index contributed by atoms with van der Waals surface area (Å²) in [7, 11) is 0. The highest BCUT2D eigenvalue weighted by atomic mass is 32.1. The number of carbonyl (C=O) groups excluding carboxylic acids is 1. The maximum atomic E-state index is 12.7. The van der Waals surface area contributed by atoms with Crippen LogP contribution in [0.25, 0.3) is 17.1 Å². The molecule has 168 valence electrons. The number of amides is 1. The lowest BCUT2D eigenvalue weighted by atomic mass is 10.2. The third kappa shape index (κ3) is 5.17. The number of nitrogens with zero attached hydrogens (tertiary/aromatic N) is 4. The van der Waals surface area contributed by atoms with E-state index >= 15 is 0 Å². The average molecular weight is 467 g/mol. The minimum atomic E-state index is -0.553. The Hall–Kier alpha value is -4.35. The third-order valence-corrected chi connectivity index (χ3v) is 5.50. The molecule has 0 bridgehead atoms. The summed E-state index contributed by atoms with van der Waals surface area (Å²) < 4.78 is 1.71. The smallest absolute Gasteiger partial charge is 0.269 e. The van der Waals surface area contributed by atoms with E-state index in [0.717, 1.165) is 22.5 Å². The second-order valence-electron chi connectivity index (χ2n) is 7.66. The van der Waals surface area contributed by atoms with Gasteiger partial charge in [0.05, 0.1) is 10.7 Å². The lowest BCUT2D eigenvalue weighted by Gasteiger charge is -2.11. The zero-order chi connectivity index (χ0) is 24.1. The van der Waals surface area contributed by atoms with Crippen molar-refractivity contribution < 1.29 is 4.79 Å². The average Bonchev–Trinajstić information content (AvgIpc) is 3.32. The van der Waals surface area contributed by atoms with Crippen molar-refractivity contribution in [3.05, 3.63) is 101 Å². The maximum Gasteiger partial charge on any atom is 0.269 e. The fourth-order valence-electron chi connectivity index (χ4n) is 3.23. The van der Waals surface area contributed by atoms with E-state index in [1.807, 2.05) is 80.6 Å². The van der Waals surface area contributed by atoms with Crippen molar-refractivity contribution in [2.24, 2.45) is 0 Å². The van der Waals surface area contributed by atoms with Crippen LogP contribution in [-0.2, 0) is 4.79 Å². The van der Waals surface area contributed by atoms with Gasteiger partial charge in [0, 0.05) is 16.9 Å². The summed E-state index contributed by atoms with van der Waals surface area (Å²) in [5.74, 6) is 0.0132. The SMILES string of the molecule is Cc1ccc(-n2cnc(-c3ccc(NC(=O)/C(C#N)=C(\S)Nc4ccccc4C)cc3)n2)cc1. The first-order valence-electron chi connectivity index (χ1n) is 10.5. The number of anilines is 2. The topological polar surface area (TPSA) is 95.6 Å². The molecule has 4 aromatic rings. The first-order chi connectivity index (χ1) is 16.4. The number of aryl methyl sites for hydroxylation is 2. The molecule has 0 atom stereocenters. The van der Waals surface area contributed by atoms with Crippen molar-refractivity contribution in [2.75, 3.05) is 10.6 Å². The van der Waals surface area contributed by atoms with E-state index < -0.39 is 5.91 Å². The summed E-state index contributed by atoms with van der Waals surface area (Å²) in [5, 5.41) is 20.0. The maximum absolute atomic E-state index is 12.7. The molecule has 1 heterocycles. The van der Waals surface area contributed by atoms with E-state index in [4.69, 9.17) is 0 Å². The Balaban J connectivity index is 1.47. The molecule has 34 heavy (non-hydrogen) atoms. The van der Waals surface area contributed by atoms with Crippen LogP contribution in [0.4, 0.5) is 11.4 Å². The van der Waals surface area contributed by atoms with Gasteiger partial charge in [0.15, 0.2) is 5.82 Å². The number of rotatable bonds is 6. The molecular weight excluding hydrogens is 444 g/mol. The molecule has 0 aliphatic heterocycles. The molecule has 1 aromatic heterocycles. The minimum absolute atomic E-state index is 0.117. The van der Waals surface area contributed by atoms with E-state index in [0.29, 0.717) is 11.5 Å². The van der Waals surface area contributed by atoms with Crippen molar-refractivity contribution >= 4 is 29.9 Å². The van der Waals surface area contributed by atoms with Gasteiger partial charge in [-0.1, -0.05) is 35.9 Å². The predicted molar refractivity (Wildman–Crippen MR) is 137 cm³/mol. The molecule has 0 fully saturated rings. The van der Waals surface area contributed by atoms with Gasteiger partial charge < -0.3 is 10.6 Å². The first kappa shape index (κ1) is 22.8. The Kier molecular flexibility index (Phi) is 6.76. The molecule has 0 radical (unpaired) electrons. The van der Waals surface area contributed by atoms with E-state index in [2.05, 4.69) is 33.3 Å². The minimum Gasteiger partial charge on any atom is -0.349 e. The van der Waals surface area contributed by atoms with Crippen LogP contribution in [0.15, 0.2) is 89.7 Å². The van der Waals surface area contributed by atoms with Gasteiger partial charge in [-0.3, -0.25) is 4.79 Å². The number of carbonyl (C=O) groups is 1. The van der Waals surface area contributed by atoms with Crippen molar-refractivity contribution in [2.45, 2.75) is 13.8 Å². The summed E-state index contributed by atoms with van der Waals surface area (Å²) >= 11 is 4.34. The number of hydrogen-bond acceptors (Lipinski definition) is 6. The lowest BCUT2D eigenvalue weighted by molar-refractivity contribution is -0.112. The van der Waals surface area contributed by atoms with E-state index in [9.17, 15) is 10.1 Å². The van der Waals surface area contributed by atoms with Crippen LogP contribution < -0.4 is 10.6 Å². The van der Waals surface area contributed by atoms with Gasteiger partial charge in [-0.25, -0.2) is 9.67 Å². The molecule has 3 aromatic carbocycles. The number of nitriles is 1. The molecule has 0 saturated carbocycles. The highest BCUT2D eigenvalue weighted by Crippen LogP contribution is 2.22. The van der Waals surface area contributed by atoms with Gasteiger partial charge in [0.2, 0.25) is 0 Å². The van der Waals surface area contributed by atoms with Crippen LogP contribution in [0.1, 0.15) is 11.1 Å². The molecule has 0 spiro atoms. The van der Waals surface area contributed by atoms with Crippen LogP contribution in [0.2, 0.25) is 0 Å². The quantitative estimate of drug-likeness (QED) is 0.204. The van der Waals surface area contributed by atoms with E-state index in [-0.39, 0.29) is 10.6 Å². The lowest BCUT2D eigenvalue weighted by Crippen LogP contribution is -2.16. The van der Waals surface area contributed by atoms with E-state index in [1.54, 1.807) is 23.1 Å². The molecule has 2 N–H and O–H groups in total. The van der Waals surface area contributed by atoms with Gasteiger partial charge in [-0.15, -0.1) is 17.7 Å². The number of hydrogen-bond donors (Lipinski definition) is 3. The monoisotopic (exact) mass is 466 g/mol. The second-order valence-corrected chi connectivity index (χ2v) is 8.10. The van der Waals surface area contributed by atoms with E-state index in [1.165, 1.54) is 5.56 Å². The van der Waals surface area contributed by atoms with Gasteiger partial charge in [-0.05, 0) is 61.9 Å². The van der Waals surface area contributed by atoms with Crippen LogP contribution in [0.5, 0.6) is 0 Å². The van der Waals surface area contributed by atoms with Crippen molar-refractivity contribution in [1.29, 1.82) is 5.26 Å². The first-order valence-corrected chi connectivity index (χ1v) is 11.0. The largest absolute Gasteiger partial charge is 0.349 e. The van der Waals surface area contributed by atoms with Gasteiger partial charge >= 0.3 is 0 Å². The Labute approximate surface area is 203 Å². The van der Waals surface area contributed by atoms with Crippen molar-refractivity contribution in [3.63, 3.8) is 0 Å². The normalized spacial score (nSPS) is 11.4. The second kappa shape index (κ2) is 10.1. The number of benzene rings is 3. The standard InChI is InChI=1S/C26H22N6OS/c1-17-7-13-21(14-8-17)32-16-28-24(31-32)19-9-11-20(12-10-19)29-25(33)22(15-27)26(34)30-23-6-4-3-5-18(23)2/h3-14,16,30,34H,1-2H3,(H,29,33)/b26-22-. The zero-order valence-corrected chi connectivity index (χ0v) is 19.5. The molecule has 0 aliphatic rings. The number of para-hydroxylation sites is 1. The molecular formula is C26H22N6OS. The number of nitrogens with one attached hydrogen (secondary N) is 2. The van der Waals surface area contributed by atoms with Crippen molar-refractivity contribution in [3.8, 4) is 23.1 Å². The predicted octanol–water partition coefficient (Wildman–Crippen LogP) is 5.27. The molecule has 0 aliphatic carbocycles. The summed E-state index contributed by atoms with van der Waals surface area (Å²) in [6, 6.07) is 24.6. The van der Waals surface area contributed by atoms with Crippen LogP contribution in [0.3, 0.4) is 0 Å². The summed E-state index contributed by atoms with van der Waals surface area (Å²) in [6.07, 6.45) is 1.66. The Morgan fingerprint density at radius 3 is 2.35 bits per heavy atom. The molecule has 8 heteroatoms. The van der Waals surface area contributed by atoms with Gasteiger partial charge in [-0.2, -0.15) is 5.26 Å². The summed E-state index contributed by atoms with van der Waals surface area (Å²) in [6.45, 7) is 3.96. The molecule has 7 nitrogen and oxygen atoms in total. The Morgan fingerprint density at radius 2 is 1.68 bits per heavy atom. The van der Waals surface area contributed by atoms with Gasteiger partial charge in [0.1, 0.15) is 18.0 Å². The molecule has 1 amide bonds. The zero-order valence-electron chi connectivity index (χ0n) is 18.6. The van der Waals surface area contributed by atoms with Crippen LogP contribution >= 0.6 is 12.6 Å². The van der Waals surface area contributed by atoms with Crippen LogP contribution in [0, 0.1) is 25.2 Å². The highest BCUT2D eigenvalue weighted by Gasteiger charge is 2.15. The summed E-state index contributed by atoms with van der Waals surface area (Å²) in [5.41, 5.74) is 5.07. The Bertz CT molecular complexity index is 1400. The molecule has 0 unspecified atom stereocenters. The fourth-order valence-corrected chi connectivity index (χ4v) is 3.50. The Morgan fingerprint density at radius 1 is 0.971 bits per heavy atom. The molecule has 4 rings (SSSR count). The van der Waals surface area contributed by atoms with Gasteiger partial charge in [0.25, 0.3) is 5.91 Å². The molecule has 0 saturated heterocycles. The number of aromatic nitrogens is 3. The van der Waals surface area contributed by atoms with Crippen molar-refractivity contribution in [1.82, 2.24) is 14.8 Å². The third-order valence-electron chi connectivity index (χ3n) is 5.17.